The lowest BCUT2D eigenvalue weighted by Gasteiger charge is -2.17. The second-order valence-electron chi connectivity index (χ2n) is 5.85. The molecule has 4 rings (SSSR count). The average molecular weight is 463 g/mol. The van der Waals surface area contributed by atoms with Crippen LogP contribution in [0.4, 0.5) is 4.39 Å². The van der Waals surface area contributed by atoms with Crippen molar-refractivity contribution in [1.29, 1.82) is 0 Å². The van der Waals surface area contributed by atoms with Crippen molar-refractivity contribution >= 4 is 23.2 Å². The first-order valence-corrected chi connectivity index (χ1v) is 9.27. The van der Waals surface area contributed by atoms with Crippen molar-refractivity contribution in [2.24, 2.45) is 10.3 Å². The summed E-state index contributed by atoms with van der Waals surface area (Å²) in [5, 5.41) is 7.51. The molecule has 0 aliphatic carbocycles. The number of oxime groups is 2. The number of halogens is 2. The third kappa shape index (κ3) is 4.70. The normalized spacial score (nSPS) is 18.5. The number of benzene rings is 2. The topological polar surface area (TPSA) is 96.7 Å². The van der Waals surface area contributed by atoms with Crippen LogP contribution in [0.2, 0.25) is 5.02 Å². The first-order chi connectivity index (χ1) is 17.1. The Morgan fingerprint density at radius 2 is 1.75 bits per heavy atom. The molecule has 2 heterocycles. The Kier molecular flexibility index (Phi) is 5.19. The van der Waals surface area contributed by atoms with Gasteiger partial charge >= 0.3 is 0 Å². The fourth-order valence-electron chi connectivity index (χ4n) is 2.52. The van der Waals surface area contributed by atoms with Gasteiger partial charge in [0.2, 0.25) is 5.82 Å². The Bertz CT molecular complexity index is 1350. The Labute approximate surface area is 192 Å². The highest BCUT2D eigenvalue weighted by Gasteiger charge is 2.24. The van der Waals surface area contributed by atoms with E-state index >= 15 is 4.39 Å². The van der Waals surface area contributed by atoms with E-state index in [0.29, 0.717) is 0 Å². The van der Waals surface area contributed by atoms with Crippen molar-refractivity contribution in [2.75, 3.05) is 20.2 Å². The molecule has 0 N–H and O–H groups in total. The second-order valence-corrected chi connectivity index (χ2v) is 6.25. The first kappa shape index (κ1) is 16.7. The van der Waals surface area contributed by atoms with E-state index in [0.717, 1.165) is 6.33 Å². The maximum atomic E-state index is 15.2. The lowest BCUT2D eigenvalue weighted by Crippen LogP contribution is -2.25. The van der Waals surface area contributed by atoms with E-state index in [1.54, 1.807) is 30.3 Å². The van der Waals surface area contributed by atoms with E-state index in [1.807, 2.05) is 0 Å². The van der Waals surface area contributed by atoms with Gasteiger partial charge in [0.05, 0.1) is 16.1 Å². The molecule has 9 nitrogen and oxygen atoms in total. The van der Waals surface area contributed by atoms with Gasteiger partial charge in [-0.2, -0.15) is 14.4 Å². The average Bonchev–Trinajstić information content (AvgIpc) is 2.84. The van der Waals surface area contributed by atoms with Gasteiger partial charge in [-0.1, -0.05) is 41.0 Å². The number of aromatic nitrogens is 2. The molecule has 0 saturated carbocycles. The highest BCUT2D eigenvalue weighted by molar-refractivity contribution is 6.45. The highest BCUT2D eigenvalue weighted by atomic mass is 35.5. The van der Waals surface area contributed by atoms with Crippen LogP contribution < -0.4 is 9.47 Å². The summed E-state index contributed by atoms with van der Waals surface area (Å²) in [4.78, 5) is 17.1. The molecule has 0 atom stereocenters. The number of rotatable bonds is 7. The highest BCUT2D eigenvalue weighted by Crippen LogP contribution is 2.33. The molecule has 1 aliphatic rings. The molecule has 164 valence electrons. The van der Waals surface area contributed by atoms with Crippen LogP contribution >= 0.6 is 11.6 Å². The minimum Gasteiger partial charge on any atom is -0.470 e. The maximum absolute atomic E-state index is 15.2. The number of para-hydroxylation sites is 2. The SMILES string of the molecule is [2H]C1([2H])ON=C(/C(=N\OC)c2ccccc2Oc2ncnc(Oc3ccccc3Cl)c2F)OC1([2H])[2H]. The molecule has 32 heavy (non-hydrogen) atoms. The third-order valence-electron chi connectivity index (χ3n) is 3.87. The molecule has 0 fully saturated rings. The van der Waals surface area contributed by atoms with Gasteiger partial charge in [0.15, 0.2) is 12.3 Å². The first-order valence-electron chi connectivity index (χ1n) is 10.9. The van der Waals surface area contributed by atoms with E-state index in [9.17, 15) is 0 Å². The van der Waals surface area contributed by atoms with E-state index < -0.39 is 36.6 Å². The van der Waals surface area contributed by atoms with Crippen LogP contribution in [0.3, 0.4) is 0 Å². The standard InChI is InChI=1S/C21H16ClFN4O5/c1-28-26-18(21-27-30-11-10-29-21)13-6-2-4-8-15(13)31-19-17(23)20(25-12-24-19)32-16-9-5-3-7-14(16)22/h2-9,12H,10-11H2,1H3/b26-18-/i10D2,11D2. The Morgan fingerprint density at radius 3 is 2.47 bits per heavy atom. The molecule has 0 spiro atoms. The molecule has 1 aliphatic heterocycles. The molecular formula is C21H16ClFN4O5. The molecule has 2 aromatic carbocycles. The lowest BCUT2D eigenvalue weighted by molar-refractivity contribution is 0.0672. The van der Waals surface area contributed by atoms with Crippen LogP contribution in [0.25, 0.3) is 0 Å². The number of hydrogen-bond acceptors (Lipinski definition) is 9. The summed E-state index contributed by atoms with van der Waals surface area (Å²) in [6.45, 7) is -5.79. The van der Waals surface area contributed by atoms with Crippen LogP contribution in [-0.2, 0) is 14.4 Å². The molecule has 1 aromatic heterocycles. The maximum Gasteiger partial charge on any atom is 0.280 e. The predicted octanol–water partition coefficient (Wildman–Crippen LogP) is 4.56. The van der Waals surface area contributed by atoms with Gasteiger partial charge in [-0.05, 0) is 29.4 Å². The van der Waals surface area contributed by atoms with Gasteiger partial charge in [0.25, 0.3) is 17.7 Å². The largest absolute Gasteiger partial charge is 0.470 e. The number of ether oxygens (including phenoxy) is 3. The van der Waals surface area contributed by atoms with Crippen molar-refractivity contribution in [1.82, 2.24) is 9.97 Å². The molecule has 11 heteroatoms. The molecule has 0 bridgehead atoms. The van der Waals surface area contributed by atoms with Gasteiger partial charge in [0.1, 0.15) is 31.5 Å². The number of hydrogen-bond donors (Lipinski definition) is 0. The summed E-state index contributed by atoms with van der Waals surface area (Å²) in [5.41, 5.74) is -0.124. The van der Waals surface area contributed by atoms with Crippen molar-refractivity contribution in [3.05, 3.63) is 71.3 Å². The fraction of sp³-hybridized carbons (Fsp3) is 0.143. The Balaban J connectivity index is 1.68. The van der Waals surface area contributed by atoms with Crippen molar-refractivity contribution < 1.29 is 33.8 Å². The summed E-state index contributed by atoms with van der Waals surface area (Å²) in [7, 11) is 1.21. The van der Waals surface area contributed by atoms with E-state index in [4.69, 9.17) is 36.1 Å². The Morgan fingerprint density at radius 1 is 1.06 bits per heavy atom. The van der Waals surface area contributed by atoms with Crippen molar-refractivity contribution in [3.8, 4) is 23.3 Å². The molecular weight excluding hydrogens is 443 g/mol. The molecule has 3 aromatic rings. The second kappa shape index (κ2) is 9.92. The quantitative estimate of drug-likeness (QED) is 0.375. The monoisotopic (exact) mass is 462 g/mol. The minimum atomic E-state index is -2.92. The van der Waals surface area contributed by atoms with Crippen LogP contribution in [0.1, 0.15) is 11.0 Å². The van der Waals surface area contributed by atoms with Gasteiger partial charge in [0, 0.05) is 0 Å². The summed E-state index contributed by atoms with van der Waals surface area (Å²) in [6.07, 6.45) is 1.02. The van der Waals surface area contributed by atoms with Gasteiger partial charge in [-0.25, -0.2) is 0 Å². The van der Waals surface area contributed by atoms with Crippen LogP contribution in [0, 0.1) is 5.82 Å². The zero-order valence-electron chi connectivity index (χ0n) is 20.3. The van der Waals surface area contributed by atoms with Gasteiger partial charge < -0.3 is 23.9 Å². The van der Waals surface area contributed by atoms with Crippen LogP contribution in [-0.4, -0.2) is 41.8 Å². The molecule has 0 radical (unpaired) electrons. The summed E-state index contributed by atoms with van der Waals surface area (Å²) >= 11 is 6.06. The Hall–Kier alpha value is -3.92. The van der Waals surface area contributed by atoms with Crippen molar-refractivity contribution in [2.45, 2.75) is 0 Å². The van der Waals surface area contributed by atoms with Crippen LogP contribution in [0.15, 0.2) is 65.2 Å². The molecule has 0 amide bonds. The predicted molar refractivity (Wildman–Crippen MR) is 113 cm³/mol. The zero-order valence-corrected chi connectivity index (χ0v) is 17.0. The third-order valence-corrected chi connectivity index (χ3v) is 4.18. The van der Waals surface area contributed by atoms with E-state index in [-0.39, 0.29) is 27.8 Å². The van der Waals surface area contributed by atoms with E-state index in [1.165, 1.54) is 25.3 Å². The molecule has 0 unspecified atom stereocenters. The van der Waals surface area contributed by atoms with Gasteiger partial charge in [-0.15, -0.1) is 0 Å². The summed E-state index contributed by atoms with van der Waals surface area (Å²) in [6, 6.07) is 12.5. The number of nitrogens with zero attached hydrogens (tertiary/aromatic N) is 4. The lowest BCUT2D eigenvalue weighted by atomic mass is 10.1. The smallest absolute Gasteiger partial charge is 0.280 e. The molecule has 0 saturated heterocycles. The van der Waals surface area contributed by atoms with Crippen LogP contribution in [0.5, 0.6) is 23.3 Å². The van der Waals surface area contributed by atoms with Crippen molar-refractivity contribution in [3.63, 3.8) is 0 Å². The van der Waals surface area contributed by atoms with Gasteiger partial charge in [-0.3, -0.25) is 0 Å². The minimum absolute atomic E-state index is 0.0185. The van der Waals surface area contributed by atoms with E-state index in [2.05, 4.69) is 25.1 Å². The zero-order chi connectivity index (χ0) is 25.9. The summed E-state index contributed by atoms with van der Waals surface area (Å²) in [5.74, 6) is -2.38. The fourth-order valence-corrected chi connectivity index (χ4v) is 2.70. The summed E-state index contributed by atoms with van der Waals surface area (Å²) < 4.78 is 62.0.